The molecule has 0 radical (unpaired) electrons. The van der Waals surface area contributed by atoms with E-state index in [0.29, 0.717) is 0 Å². The number of hydrogen-bond donors (Lipinski definition) is 1. The lowest BCUT2D eigenvalue weighted by atomic mass is 9.94. The summed E-state index contributed by atoms with van der Waals surface area (Å²) in [6, 6.07) is 9.72. The fourth-order valence-corrected chi connectivity index (χ4v) is 2.37. The van der Waals surface area contributed by atoms with Crippen molar-refractivity contribution in [3.63, 3.8) is 0 Å². The smallest absolute Gasteiger partial charge is 0.162 e. The van der Waals surface area contributed by atoms with Gasteiger partial charge in [0.05, 0.1) is 6.10 Å². The van der Waals surface area contributed by atoms with Crippen LogP contribution in [0, 0.1) is 25.5 Å². The van der Waals surface area contributed by atoms with Crippen LogP contribution in [0.2, 0.25) is 0 Å². The van der Waals surface area contributed by atoms with Gasteiger partial charge in [-0.3, -0.25) is 0 Å². The van der Waals surface area contributed by atoms with Gasteiger partial charge in [0.2, 0.25) is 0 Å². The highest BCUT2D eigenvalue weighted by Crippen LogP contribution is 2.26. The SMILES string of the molecule is Cc1cccc(C)c1C(O)Cc1cccc(F)c1F. The molecule has 0 aromatic heterocycles. The van der Waals surface area contributed by atoms with Crippen LogP contribution in [-0.4, -0.2) is 5.11 Å². The van der Waals surface area contributed by atoms with Gasteiger partial charge in [-0.05, 0) is 42.2 Å². The molecule has 2 rings (SSSR count). The third kappa shape index (κ3) is 2.82. The summed E-state index contributed by atoms with van der Waals surface area (Å²) in [6.45, 7) is 3.79. The molecule has 0 aliphatic rings. The molecule has 0 fully saturated rings. The van der Waals surface area contributed by atoms with E-state index in [-0.39, 0.29) is 12.0 Å². The zero-order valence-corrected chi connectivity index (χ0v) is 11.0. The summed E-state index contributed by atoms with van der Waals surface area (Å²) in [5.74, 6) is -1.76. The first-order valence-corrected chi connectivity index (χ1v) is 6.17. The zero-order valence-electron chi connectivity index (χ0n) is 11.0. The lowest BCUT2D eigenvalue weighted by molar-refractivity contribution is 0.175. The Balaban J connectivity index is 2.31. The second kappa shape index (κ2) is 5.49. The maximum atomic E-state index is 13.6. The summed E-state index contributed by atoms with van der Waals surface area (Å²) in [6.07, 6.45) is -0.771. The van der Waals surface area contributed by atoms with E-state index >= 15 is 0 Å². The highest BCUT2D eigenvalue weighted by atomic mass is 19.2. The highest BCUT2D eigenvalue weighted by Gasteiger charge is 2.17. The number of aryl methyl sites for hydroxylation is 2. The molecule has 1 N–H and O–H groups in total. The van der Waals surface area contributed by atoms with Gasteiger partial charge in [0, 0.05) is 6.42 Å². The summed E-state index contributed by atoms with van der Waals surface area (Å²) in [5.41, 5.74) is 2.87. The van der Waals surface area contributed by atoms with Crippen LogP contribution >= 0.6 is 0 Å². The third-order valence-electron chi connectivity index (χ3n) is 3.32. The average Bonchev–Trinajstić information content (AvgIpc) is 2.35. The summed E-state index contributed by atoms with van der Waals surface area (Å²) in [5, 5.41) is 10.3. The van der Waals surface area contributed by atoms with E-state index in [9.17, 15) is 13.9 Å². The Labute approximate surface area is 111 Å². The Morgan fingerprint density at radius 3 is 2.21 bits per heavy atom. The Bertz CT molecular complexity index is 573. The maximum Gasteiger partial charge on any atom is 0.162 e. The fourth-order valence-electron chi connectivity index (χ4n) is 2.37. The molecular formula is C16H16F2O. The van der Waals surface area contributed by atoms with E-state index in [1.807, 2.05) is 32.0 Å². The van der Waals surface area contributed by atoms with Crippen LogP contribution in [0.1, 0.15) is 28.4 Å². The predicted octanol–water partition coefficient (Wildman–Crippen LogP) is 3.86. The second-order valence-corrected chi connectivity index (χ2v) is 4.74. The van der Waals surface area contributed by atoms with E-state index in [0.717, 1.165) is 22.8 Å². The summed E-state index contributed by atoms with van der Waals surface area (Å²) >= 11 is 0. The number of rotatable bonds is 3. The largest absolute Gasteiger partial charge is 0.388 e. The molecule has 2 aromatic rings. The van der Waals surface area contributed by atoms with Crippen molar-refractivity contribution in [2.45, 2.75) is 26.4 Å². The van der Waals surface area contributed by atoms with Gasteiger partial charge in [-0.2, -0.15) is 0 Å². The first kappa shape index (κ1) is 13.7. The van der Waals surface area contributed by atoms with Gasteiger partial charge in [-0.1, -0.05) is 30.3 Å². The predicted molar refractivity (Wildman–Crippen MR) is 70.9 cm³/mol. The highest BCUT2D eigenvalue weighted by molar-refractivity contribution is 5.36. The van der Waals surface area contributed by atoms with Gasteiger partial charge >= 0.3 is 0 Å². The van der Waals surface area contributed by atoms with Crippen molar-refractivity contribution in [3.8, 4) is 0 Å². The van der Waals surface area contributed by atoms with Crippen molar-refractivity contribution in [2.24, 2.45) is 0 Å². The minimum absolute atomic E-state index is 0.0648. The first-order chi connectivity index (χ1) is 9.00. The van der Waals surface area contributed by atoms with Crippen LogP contribution in [0.25, 0.3) is 0 Å². The normalized spacial score (nSPS) is 12.5. The lowest BCUT2D eigenvalue weighted by Gasteiger charge is -2.17. The minimum atomic E-state index is -0.883. The van der Waals surface area contributed by atoms with Gasteiger partial charge in [0.15, 0.2) is 11.6 Å². The van der Waals surface area contributed by atoms with Crippen LogP contribution in [0.5, 0.6) is 0 Å². The molecule has 0 spiro atoms. The number of hydrogen-bond acceptors (Lipinski definition) is 1. The molecule has 100 valence electrons. The number of benzene rings is 2. The van der Waals surface area contributed by atoms with E-state index in [4.69, 9.17) is 0 Å². The van der Waals surface area contributed by atoms with Crippen molar-refractivity contribution < 1.29 is 13.9 Å². The molecule has 3 heteroatoms. The van der Waals surface area contributed by atoms with Crippen LogP contribution in [0.3, 0.4) is 0 Å². The van der Waals surface area contributed by atoms with Gasteiger partial charge in [-0.15, -0.1) is 0 Å². The van der Waals surface area contributed by atoms with Crippen LogP contribution in [0.4, 0.5) is 8.78 Å². The molecule has 0 saturated heterocycles. The molecule has 0 heterocycles. The topological polar surface area (TPSA) is 20.2 Å². The van der Waals surface area contributed by atoms with Crippen molar-refractivity contribution in [2.75, 3.05) is 0 Å². The molecule has 1 unspecified atom stereocenters. The molecule has 1 nitrogen and oxygen atoms in total. The molecule has 0 aliphatic heterocycles. The number of halogens is 2. The first-order valence-electron chi connectivity index (χ1n) is 6.17. The summed E-state index contributed by atoms with van der Waals surface area (Å²) in [7, 11) is 0. The summed E-state index contributed by atoms with van der Waals surface area (Å²) in [4.78, 5) is 0. The Morgan fingerprint density at radius 1 is 1.00 bits per heavy atom. The molecule has 19 heavy (non-hydrogen) atoms. The molecule has 0 aliphatic carbocycles. The quantitative estimate of drug-likeness (QED) is 0.890. The van der Waals surface area contributed by atoms with Crippen LogP contribution in [0.15, 0.2) is 36.4 Å². The maximum absolute atomic E-state index is 13.6. The molecular weight excluding hydrogens is 246 g/mol. The standard InChI is InChI=1S/C16H16F2O/c1-10-5-3-6-11(2)15(10)14(19)9-12-7-4-8-13(17)16(12)18/h3-8,14,19H,9H2,1-2H3. The fraction of sp³-hybridized carbons (Fsp3) is 0.250. The van der Waals surface area contributed by atoms with Crippen molar-refractivity contribution in [3.05, 3.63) is 70.3 Å². The molecule has 0 bridgehead atoms. The van der Waals surface area contributed by atoms with Crippen molar-refractivity contribution in [1.29, 1.82) is 0 Å². The third-order valence-corrected chi connectivity index (χ3v) is 3.32. The van der Waals surface area contributed by atoms with Crippen molar-refractivity contribution >= 4 is 0 Å². The number of aliphatic hydroxyl groups excluding tert-OH is 1. The van der Waals surface area contributed by atoms with Crippen LogP contribution in [-0.2, 0) is 6.42 Å². The van der Waals surface area contributed by atoms with E-state index < -0.39 is 17.7 Å². The van der Waals surface area contributed by atoms with E-state index in [1.54, 1.807) is 0 Å². The van der Waals surface area contributed by atoms with Gasteiger partial charge < -0.3 is 5.11 Å². The molecule has 0 saturated carbocycles. The molecule has 0 amide bonds. The van der Waals surface area contributed by atoms with Gasteiger partial charge in [-0.25, -0.2) is 8.78 Å². The van der Waals surface area contributed by atoms with E-state index in [2.05, 4.69) is 0 Å². The van der Waals surface area contributed by atoms with Gasteiger partial charge in [0.25, 0.3) is 0 Å². The average molecular weight is 262 g/mol. The Hall–Kier alpha value is -1.74. The van der Waals surface area contributed by atoms with Gasteiger partial charge in [0.1, 0.15) is 0 Å². The van der Waals surface area contributed by atoms with E-state index in [1.165, 1.54) is 12.1 Å². The lowest BCUT2D eigenvalue weighted by Crippen LogP contribution is -2.08. The Kier molecular flexibility index (Phi) is 3.96. The van der Waals surface area contributed by atoms with Crippen molar-refractivity contribution in [1.82, 2.24) is 0 Å². The zero-order chi connectivity index (χ0) is 14.0. The molecule has 2 aromatic carbocycles. The minimum Gasteiger partial charge on any atom is -0.388 e. The number of aliphatic hydroxyl groups is 1. The Morgan fingerprint density at radius 2 is 1.58 bits per heavy atom. The second-order valence-electron chi connectivity index (χ2n) is 4.74. The summed E-state index contributed by atoms with van der Waals surface area (Å²) < 4.78 is 26.7. The molecule has 1 atom stereocenters. The monoisotopic (exact) mass is 262 g/mol. The van der Waals surface area contributed by atoms with Crippen LogP contribution < -0.4 is 0 Å².